The molecule has 0 aliphatic heterocycles. The van der Waals surface area contributed by atoms with Gasteiger partial charge in [-0.2, -0.15) is 11.8 Å². The van der Waals surface area contributed by atoms with E-state index in [4.69, 9.17) is 10.5 Å². The van der Waals surface area contributed by atoms with E-state index < -0.39 is 0 Å². The van der Waals surface area contributed by atoms with Crippen molar-refractivity contribution in [2.75, 3.05) is 30.5 Å². The number of ether oxygens (including phenoxy) is 1. The molecule has 1 aromatic carbocycles. The topological polar surface area (TPSA) is 47.3 Å². The Kier molecular flexibility index (Phi) is 5.46. The fourth-order valence-corrected chi connectivity index (χ4v) is 3.80. The summed E-state index contributed by atoms with van der Waals surface area (Å²) in [6.07, 6.45) is 8.89. The lowest BCUT2D eigenvalue weighted by molar-refractivity contribution is 0.342. The first kappa shape index (κ1) is 15.4. The van der Waals surface area contributed by atoms with Crippen LogP contribution in [-0.4, -0.2) is 24.2 Å². The number of rotatable bonds is 6. The molecule has 20 heavy (non-hydrogen) atoms. The molecule has 0 atom stereocenters. The van der Waals surface area contributed by atoms with Crippen LogP contribution in [0.4, 0.5) is 11.4 Å². The van der Waals surface area contributed by atoms with E-state index >= 15 is 0 Å². The normalized spacial score (nSPS) is 17.7. The molecule has 3 nitrogen and oxygen atoms in total. The van der Waals surface area contributed by atoms with Gasteiger partial charge in [-0.1, -0.05) is 25.3 Å². The zero-order valence-electron chi connectivity index (χ0n) is 12.6. The highest BCUT2D eigenvalue weighted by Crippen LogP contribution is 2.39. The molecule has 0 heterocycles. The van der Waals surface area contributed by atoms with Crippen molar-refractivity contribution < 1.29 is 4.74 Å². The molecule has 1 aliphatic rings. The van der Waals surface area contributed by atoms with Crippen LogP contribution >= 0.6 is 11.8 Å². The predicted molar refractivity (Wildman–Crippen MR) is 89.8 cm³/mol. The van der Waals surface area contributed by atoms with Gasteiger partial charge in [0.05, 0.1) is 18.0 Å². The summed E-state index contributed by atoms with van der Waals surface area (Å²) in [6, 6.07) is 5.96. The molecule has 0 unspecified atom stereocenters. The van der Waals surface area contributed by atoms with Gasteiger partial charge in [-0.15, -0.1) is 0 Å². The first-order valence-corrected chi connectivity index (χ1v) is 8.73. The third-order valence-corrected chi connectivity index (χ3v) is 5.58. The minimum Gasteiger partial charge on any atom is -0.492 e. The lowest BCUT2D eigenvalue weighted by Crippen LogP contribution is -2.35. The summed E-state index contributed by atoms with van der Waals surface area (Å²) in [5.74, 6) is 0.777. The zero-order chi connectivity index (χ0) is 14.4. The minimum atomic E-state index is 0.367. The number of nitrogens with one attached hydrogen (secondary N) is 1. The van der Waals surface area contributed by atoms with Gasteiger partial charge in [0.1, 0.15) is 5.75 Å². The van der Waals surface area contributed by atoms with Crippen LogP contribution in [0.2, 0.25) is 0 Å². The Morgan fingerprint density at radius 2 is 2.05 bits per heavy atom. The van der Waals surface area contributed by atoms with E-state index in [1.165, 1.54) is 32.1 Å². The van der Waals surface area contributed by atoms with Gasteiger partial charge < -0.3 is 15.8 Å². The average Bonchev–Trinajstić information content (AvgIpc) is 2.49. The first-order chi connectivity index (χ1) is 9.71. The molecule has 4 heteroatoms. The standard InChI is InChI=1S/C16H26N2OS/c1-3-19-14-9-7-8-13(15(14)17)18-12-16(20-2)10-5-4-6-11-16/h7-9,18H,3-6,10-12,17H2,1-2H3. The molecule has 1 aliphatic carbocycles. The fraction of sp³-hybridized carbons (Fsp3) is 0.625. The highest BCUT2D eigenvalue weighted by atomic mass is 32.2. The highest BCUT2D eigenvalue weighted by Gasteiger charge is 2.31. The maximum Gasteiger partial charge on any atom is 0.144 e. The van der Waals surface area contributed by atoms with E-state index in [-0.39, 0.29) is 0 Å². The number of hydrogen-bond donors (Lipinski definition) is 2. The van der Waals surface area contributed by atoms with Crippen molar-refractivity contribution in [3.05, 3.63) is 18.2 Å². The number of hydrogen-bond acceptors (Lipinski definition) is 4. The van der Waals surface area contributed by atoms with Crippen molar-refractivity contribution in [1.29, 1.82) is 0 Å². The first-order valence-electron chi connectivity index (χ1n) is 7.51. The van der Waals surface area contributed by atoms with Crippen LogP contribution in [0.25, 0.3) is 0 Å². The van der Waals surface area contributed by atoms with E-state index in [1.54, 1.807) is 0 Å². The van der Waals surface area contributed by atoms with Crippen molar-refractivity contribution in [2.24, 2.45) is 0 Å². The van der Waals surface area contributed by atoms with Crippen LogP contribution in [0.5, 0.6) is 5.75 Å². The molecule has 0 radical (unpaired) electrons. The van der Waals surface area contributed by atoms with Gasteiger partial charge in [0.2, 0.25) is 0 Å². The molecule has 1 saturated carbocycles. The number of para-hydroxylation sites is 1. The van der Waals surface area contributed by atoms with Gasteiger partial charge in [-0.3, -0.25) is 0 Å². The van der Waals surface area contributed by atoms with Crippen molar-refractivity contribution in [3.8, 4) is 5.75 Å². The molecule has 1 aromatic rings. The third kappa shape index (κ3) is 3.54. The maximum atomic E-state index is 6.18. The molecular weight excluding hydrogens is 268 g/mol. The van der Waals surface area contributed by atoms with Crippen molar-refractivity contribution in [1.82, 2.24) is 0 Å². The summed E-state index contributed by atoms with van der Waals surface area (Å²) in [7, 11) is 0. The quantitative estimate of drug-likeness (QED) is 0.774. The Morgan fingerprint density at radius 1 is 1.30 bits per heavy atom. The van der Waals surface area contributed by atoms with Crippen molar-refractivity contribution >= 4 is 23.1 Å². The van der Waals surface area contributed by atoms with Gasteiger partial charge in [0.15, 0.2) is 0 Å². The lowest BCUT2D eigenvalue weighted by atomic mass is 9.88. The third-order valence-electron chi connectivity index (χ3n) is 4.16. The van der Waals surface area contributed by atoms with Crippen molar-refractivity contribution in [3.63, 3.8) is 0 Å². The molecule has 0 saturated heterocycles. The minimum absolute atomic E-state index is 0.367. The van der Waals surface area contributed by atoms with Crippen LogP contribution in [-0.2, 0) is 0 Å². The Morgan fingerprint density at radius 3 is 2.70 bits per heavy atom. The van der Waals surface area contributed by atoms with E-state index in [9.17, 15) is 0 Å². The second-order valence-electron chi connectivity index (χ2n) is 5.45. The Labute approximate surface area is 126 Å². The molecule has 1 fully saturated rings. The number of benzene rings is 1. The Bertz CT molecular complexity index is 430. The maximum absolute atomic E-state index is 6.18. The summed E-state index contributed by atoms with van der Waals surface area (Å²) >= 11 is 2.00. The van der Waals surface area contributed by atoms with Crippen LogP contribution in [0.3, 0.4) is 0 Å². The zero-order valence-corrected chi connectivity index (χ0v) is 13.4. The molecule has 2 rings (SSSR count). The molecule has 3 N–H and O–H groups in total. The van der Waals surface area contributed by atoms with Gasteiger partial charge in [0.25, 0.3) is 0 Å². The smallest absolute Gasteiger partial charge is 0.144 e. The van der Waals surface area contributed by atoms with Crippen LogP contribution in [0.1, 0.15) is 39.0 Å². The number of anilines is 2. The lowest BCUT2D eigenvalue weighted by Gasteiger charge is -2.36. The molecular formula is C16H26N2OS. The van der Waals surface area contributed by atoms with Crippen LogP contribution in [0, 0.1) is 0 Å². The SMILES string of the molecule is CCOc1cccc(NCC2(SC)CCCCC2)c1N. The fourth-order valence-electron chi connectivity index (χ4n) is 2.89. The Hall–Kier alpha value is -1.03. The predicted octanol–water partition coefficient (Wildman–Crippen LogP) is 4.15. The summed E-state index contributed by atoms with van der Waals surface area (Å²) in [5.41, 5.74) is 7.89. The molecule has 0 amide bonds. The van der Waals surface area contributed by atoms with E-state index in [0.717, 1.165) is 23.7 Å². The van der Waals surface area contributed by atoms with E-state index in [0.29, 0.717) is 11.4 Å². The average molecular weight is 294 g/mol. The largest absolute Gasteiger partial charge is 0.492 e. The molecule has 0 aromatic heterocycles. The second-order valence-corrected chi connectivity index (χ2v) is 6.73. The summed E-state index contributed by atoms with van der Waals surface area (Å²) in [5, 5.41) is 3.55. The van der Waals surface area contributed by atoms with Gasteiger partial charge >= 0.3 is 0 Å². The highest BCUT2D eigenvalue weighted by molar-refractivity contribution is 8.00. The van der Waals surface area contributed by atoms with Gasteiger partial charge in [-0.05, 0) is 38.2 Å². The van der Waals surface area contributed by atoms with E-state index in [2.05, 4.69) is 11.6 Å². The number of nitrogens with two attached hydrogens (primary N) is 1. The second kappa shape index (κ2) is 7.11. The van der Waals surface area contributed by atoms with Crippen molar-refractivity contribution in [2.45, 2.75) is 43.8 Å². The van der Waals surface area contributed by atoms with Gasteiger partial charge in [-0.25, -0.2) is 0 Å². The van der Waals surface area contributed by atoms with Crippen LogP contribution in [0.15, 0.2) is 18.2 Å². The Balaban J connectivity index is 2.04. The molecule has 0 bridgehead atoms. The van der Waals surface area contributed by atoms with Gasteiger partial charge in [0, 0.05) is 11.3 Å². The summed E-state index contributed by atoms with van der Waals surface area (Å²) in [4.78, 5) is 0. The van der Waals surface area contributed by atoms with Crippen LogP contribution < -0.4 is 15.8 Å². The summed E-state index contributed by atoms with van der Waals surface area (Å²) in [6.45, 7) is 3.60. The monoisotopic (exact) mass is 294 g/mol. The summed E-state index contributed by atoms with van der Waals surface area (Å²) < 4.78 is 5.92. The molecule has 112 valence electrons. The van der Waals surface area contributed by atoms with E-state index in [1.807, 2.05) is 36.9 Å². The molecule has 0 spiro atoms. The number of nitrogen functional groups attached to an aromatic ring is 1. The number of thioether (sulfide) groups is 1.